The summed E-state index contributed by atoms with van der Waals surface area (Å²) in [5.41, 5.74) is 8.28. The molecule has 0 heterocycles. The molecule has 3 N–H and O–H groups in total. The van der Waals surface area contributed by atoms with Gasteiger partial charge in [0, 0.05) is 25.0 Å². The van der Waals surface area contributed by atoms with Crippen molar-refractivity contribution in [3.05, 3.63) is 35.4 Å². The predicted octanol–water partition coefficient (Wildman–Crippen LogP) is 3.36. The van der Waals surface area contributed by atoms with E-state index in [9.17, 15) is 4.79 Å². The Hall–Kier alpha value is -0.810. The summed E-state index contributed by atoms with van der Waals surface area (Å²) in [6, 6.07) is 8.87. The quantitative estimate of drug-likeness (QED) is 0.751. The number of rotatable bonds is 7. The zero-order chi connectivity index (χ0) is 16.8. The fourth-order valence-electron chi connectivity index (χ4n) is 3.31. The predicted molar refractivity (Wildman–Crippen MR) is 109 cm³/mol. The number of nitrogens with one attached hydrogen (secondary N) is 1. The molecule has 1 amide bonds. The van der Waals surface area contributed by atoms with Gasteiger partial charge in [0.05, 0.1) is 0 Å². The molecule has 0 radical (unpaired) electrons. The van der Waals surface area contributed by atoms with E-state index in [1.165, 1.54) is 11.1 Å². The molecule has 0 saturated heterocycles. The highest BCUT2D eigenvalue weighted by molar-refractivity contribution is 5.85. The summed E-state index contributed by atoms with van der Waals surface area (Å²) in [4.78, 5) is 14.8. The summed E-state index contributed by atoms with van der Waals surface area (Å²) in [5, 5.41) is 3.14. The first-order valence-corrected chi connectivity index (χ1v) is 8.77. The van der Waals surface area contributed by atoms with E-state index in [1.54, 1.807) is 0 Å². The minimum absolute atomic E-state index is 0. The molecule has 0 bridgehead atoms. The van der Waals surface area contributed by atoms with E-state index >= 15 is 0 Å². The Morgan fingerprint density at radius 2 is 1.88 bits per heavy atom. The third-order valence-corrected chi connectivity index (χ3v) is 5.17. The summed E-state index contributed by atoms with van der Waals surface area (Å²) in [6.07, 6.45) is 3.19. The lowest BCUT2D eigenvalue weighted by Crippen LogP contribution is -2.35. The first-order chi connectivity index (χ1) is 11.0. The summed E-state index contributed by atoms with van der Waals surface area (Å²) in [6.45, 7) is 6.51. The Labute approximate surface area is 164 Å². The Bertz CT molecular complexity index is 525. The van der Waals surface area contributed by atoms with Gasteiger partial charge in [0.2, 0.25) is 5.91 Å². The normalized spacial score (nSPS) is 19.4. The van der Waals surface area contributed by atoms with Gasteiger partial charge < -0.3 is 11.1 Å². The maximum absolute atomic E-state index is 12.5. The summed E-state index contributed by atoms with van der Waals surface area (Å²) in [5.74, 6) is 0.632. The fourth-order valence-corrected chi connectivity index (χ4v) is 3.31. The molecule has 1 aliphatic rings. The largest absolute Gasteiger partial charge is 0.352 e. The van der Waals surface area contributed by atoms with Crippen LogP contribution in [0.25, 0.3) is 0 Å². The van der Waals surface area contributed by atoms with Crippen LogP contribution in [0.5, 0.6) is 0 Å². The number of amides is 1. The highest BCUT2D eigenvalue weighted by atomic mass is 35.5. The Balaban J connectivity index is 0.00000288. The van der Waals surface area contributed by atoms with E-state index < -0.39 is 0 Å². The van der Waals surface area contributed by atoms with Gasteiger partial charge in [-0.1, -0.05) is 30.7 Å². The third kappa shape index (κ3) is 6.78. The van der Waals surface area contributed by atoms with Crippen LogP contribution in [0.3, 0.4) is 0 Å². The molecule has 2 atom stereocenters. The zero-order valence-electron chi connectivity index (χ0n) is 15.5. The Morgan fingerprint density at radius 1 is 1.24 bits per heavy atom. The highest BCUT2D eigenvalue weighted by Crippen LogP contribution is 2.31. The van der Waals surface area contributed by atoms with Crippen LogP contribution in [-0.2, 0) is 17.9 Å². The highest BCUT2D eigenvalue weighted by Gasteiger charge is 2.31. The van der Waals surface area contributed by atoms with Crippen molar-refractivity contribution in [1.82, 2.24) is 10.2 Å². The lowest BCUT2D eigenvalue weighted by atomic mass is 9.95. The molecule has 0 unspecified atom stereocenters. The average molecular weight is 390 g/mol. The van der Waals surface area contributed by atoms with Gasteiger partial charge >= 0.3 is 0 Å². The smallest absolute Gasteiger partial charge is 0.223 e. The van der Waals surface area contributed by atoms with Gasteiger partial charge in [-0.25, -0.2) is 0 Å². The number of benzene rings is 1. The SMILES string of the molecule is CC(C)N(C)Cc1ccccc1CNC(=O)[C@@H]1CCC[C@@H]1CN.Cl.Cl. The fraction of sp³-hybridized carbons (Fsp3) is 0.632. The maximum Gasteiger partial charge on any atom is 0.223 e. The van der Waals surface area contributed by atoms with Crippen molar-refractivity contribution in [3.63, 3.8) is 0 Å². The molecule has 4 nitrogen and oxygen atoms in total. The third-order valence-electron chi connectivity index (χ3n) is 5.17. The minimum atomic E-state index is 0. The van der Waals surface area contributed by atoms with E-state index in [0.717, 1.165) is 25.8 Å². The summed E-state index contributed by atoms with van der Waals surface area (Å²) < 4.78 is 0. The maximum atomic E-state index is 12.5. The number of hydrogen-bond acceptors (Lipinski definition) is 3. The van der Waals surface area contributed by atoms with E-state index in [0.29, 0.717) is 25.0 Å². The Kier molecular flexibility index (Phi) is 11.4. The molecule has 0 spiro atoms. The second kappa shape index (κ2) is 11.7. The van der Waals surface area contributed by atoms with Gasteiger partial charge in [0.15, 0.2) is 0 Å². The van der Waals surface area contributed by atoms with Crippen LogP contribution in [-0.4, -0.2) is 30.4 Å². The lowest BCUT2D eigenvalue weighted by Gasteiger charge is -2.23. The van der Waals surface area contributed by atoms with Gasteiger partial charge in [-0.15, -0.1) is 24.8 Å². The monoisotopic (exact) mass is 389 g/mol. The van der Waals surface area contributed by atoms with Crippen molar-refractivity contribution < 1.29 is 4.79 Å². The van der Waals surface area contributed by atoms with Crippen LogP contribution in [0.15, 0.2) is 24.3 Å². The summed E-state index contributed by atoms with van der Waals surface area (Å²) in [7, 11) is 2.13. The van der Waals surface area contributed by atoms with Crippen molar-refractivity contribution in [2.75, 3.05) is 13.6 Å². The molecule has 1 fully saturated rings. The topological polar surface area (TPSA) is 58.4 Å². The van der Waals surface area contributed by atoms with Crippen LogP contribution in [0.2, 0.25) is 0 Å². The van der Waals surface area contributed by atoms with E-state index in [2.05, 4.69) is 49.3 Å². The molecule has 0 aliphatic heterocycles. The van der Waals surface area contributed by atoms with E-state index in [1.807, 2.05) is 6.07 Å². The zero-order valence-corrected chi connectivity index (χ0v) is 17.2. The lowest BCUT2D eigenvalue weighted by molar-refractivity contribution is -0.126. The second-order valence-corrected chi connectivity index (χ2v) is 7.03. The molecule has 1 aromatic rings. The molecular weight excluding hydrogens is 357 g/mol. The van der Waals surface area contributed by atoms with Crippen molar-refractivity contribution in [3.8, 4) is 0 Å². The van der Waals surface area contributed by atoms with E-state index in [4.69, 9.17) is 5.73 Å². The van der Waals surface area contributed by atoms with Crippen LogP contribution in [0, 0.1) is 11.8 Å². The molecule has 1 aliphatic carbocycles. The van der Waals surface area contributed by atoms with Gasteiger partial charge in [-0.05, 0) is 57.3 Å². The molecule has 2 rings (SSSR count). The Morgan fingerprint density at radius 3 is 2.48 bits per heavy atom. The van der Waals surface area contributed by atoms with Gasteiger partial charge in [-0.2, -0.15) is 0 Å². The molecule has 0 aromatic heterocycles. The van der Waals surface area contributed by atoms with Crippen molar-refractivity contribution in [2.45, 2.75) is 52.2 Å². The first-order valence-electron chi connectivity index (χ1n) is 8.77. The average Bonchev–Trinajstić information content (AvgIpc) is 3.02. The molecule has 1 saturated carbocycles. The first kappa shape index (κ1) is 24.2. The van der Waals surface area contributed by atoms with Crippen LogP contribution >= 0.6 is 24.8 Å². The summed E-state index contributed by atoms with van der Waals surface area (Å²) >= 11 is 0. The second-order valence-electron chi connectivity index (χ2n) is 7.03. The minimum Gasteiger partial charge on any atom is -0.352 e. The molecular formula is C19H33Cl2N3O. The molecule has 1 aromatic carbocycles. The number of nitrogens with two attached hydrogens (primary N) is 1. The van der Waals surface area contributed by atoms with Crippen molar-refractivity contribution in [1.29, 1.82) is 0 Å². The van der Waals surface area contributed by atoms with Gasteiger partial charge in [0.1, 0.15) is 0 Å². The number of hydrogen-bond donors (Lipinski definition) is 2. The van der Waals surface area contributed by atoms with Gasteiger partial charge in [0.25, 0.3) is 0 Å². The number of carbonyl (C=O) groups is 1. The van der Waals surface area contributed by atoms with Crippen LogP contribution in [0.1, 0.15) is 44.2 Å². The number of halogens is 2. The molecule has 144 valence electrons. The van der Waals surface area contributed by atoms with Crippen molar-refractivity contribution >= 4 is 30.7 Å². The van der Waals surface area contributed by atoms with Crippen LogP contribution in [0.4, 0.5) is 0 Å². The number of carbonyl (C=O) groups excluding carboxylic acids is 1. The standard InChI is InChI=1S/C19H31N3O.2ClH/c1-14(2)22(3)13-17-8-5-4-7-16(17)12-21-19(23)18-10-6-9-15(18)11-20;;/h4-5,7-8,14-15,18H,6,9-13,20H2,1-3H3,(H,21,23);2*1H/t15-,18-;;/m1../s1. The van der Waals surface area contributed by atoms with Gasteiger partial charge in [-0.3, -0.25) is 9.69 Å². The molecule has 6 heteroatoms. The number of nitrogens with zero attached hydrogens (tertiary/aromatic N) is 1. The van der Waals surface area contributed by atoms with Crippen LogP contribution < -0.4 is 11.1 Å². The van der Waals surface area contributed by atoms with E-state index in [-0.39, 0.29) is 36.6 Å². The molecule has 25 heavy (non-hydrogen) atoms. The van der Waals surface area contributed by atoms with Crippen molar-refractivity contribution in [2.24, 2.45) is 17.6 Å².